The van der Waals surface area contributed by atoms with Crippen molar-refractivity contribution in [2.45, 2.75) is 6.04 Å². The maximum Gasteiger partial charge on any atom is 0.327 e. The minimum Gasteiger partial charge on any atom is -0.468 e. The fraction of sp³-hybridized carbons (Fsp3) is 0.222. The van der Waals surface area contributed by atoms with Crippen LogP contribution in [0.4, 0.5) is 5.69 Å². The second kappa shape index (κ2) is 6.39. The van der Waals surface area contributed by atoms with Crippen molar-refractivity contribution in [1.29, 1.82) is 0 Å². The Labute approximate surface area is 108 Å². The third kappa shape index (κ3) is 3.55. The monoisotopic (exact) mass is 280 g/mol. The number of methoxy groups -OCH3 is 1. The number of nitrogens with zero attached hydrogens (tertiary/aromatic N) is 1. The fourth-order valence-electron chi connectivity index (χ4n) is 1.19. The Balaban J connectivity index is 0.00000256. The fourth-order valence-corrected chi connectivity index (χ4v) is 1.38. The van der Waals surface area contributed by atoms with Gasteiger partial charge >= 0.3 is 5.97 Å². The van der Waals surface area contributed by atoms with Crippen molar-refractivity contribution < 1.29 is 14.5 Å². The van der Waals surface area contributed by atoms with Crippen LogP contribution in [0.5, 0.6) is 0 Å². The average molecular weight is 281 g/mol. The third-order valence-electron chi connectivity index (χ3n) is 1.98. The van der Waals surface area contributed by atoms with Crippen LogP contribution < -0.4 is 5.73 Å². The zero-order valence-corrected chi connectivity index (χ0v) is 10.3. The number of rotatable bonds is 3. The highest BCUT2D eigenvalue weighted by atomic mass is 35.5. The summed E-state index contributed by atoms with van der Waals surface area (Å²) in [5.41, 5.74) is 5.29. The van der Waals surface area contributed by atoms with Gasteiger partial charge in [-0.3, -0.25) is 10.1 Å². The number of nitro benzene ring substituents is 1. The lowest BCUT2D eigenvalue weighted by molar-refractivity contribution is -0.385. The molecule has 0 unspecified atom stereocenters. The lowest BCUT2D eigenvalue weighted by atomic mass is 10.1. The summed E-state index contributed by atoms with van der Waals surface area (Å²) in [6, 6.07) is 2.61. The van der Waals surface area contributed by atoms with Crippen molar-refractivity contribution in [2.24, 2.45) is 5.73 Å². The lowest BCUT2D eigenvalue weighted by Crippen LogP contribution is -2.23. The zero-order valence-electron chi connectivity index (χ0n) is 8.75. The van der Waals surface area contributed by atoms with Gasteiger partial charge in [0.25, 0.3) is 5.69 Å². The maximum absolute atomic E-state index is 11.2. The van der Waals surface area contributed by atoms with E-state index in [0.717, 1.165) is 7.11 Å². The Morgan fingerprint density at radius 3 is 2.65 bits per heavy atom. The second-order valence-electron chi connectivity index (χ2n) is 2.96. The number of carbonyl (C=O) groups excluding carboxylic acids is 1. The Kier molecular flexibility index (Phi) is 5.87. The number of carbonyl (C=O) groups is 1. The molecular formula is C9H10Cl2N2O4. The quantitative estimate of drug-likeness (QED) is 0.518. The molecule has 0 aromatic heterocycles. The minimum absolute atomic E-state index is 0. The molecule has 0 aliphatic heterocycles. The van der Waals surface area contributed by atoms with Crippen LogP contribution in [0.2, 0.25) is 5.02 Å². The van der Waals surface area contributed by atoms with Gasteiger partial charge in [0.1, 0.15) is 6.04 Å². The first-order valence-corrected chi connectivity index (χ1v) is 4.62. The molecule has 2 N–H and O–H groups in total. The van der Waals surface area contributed by atoms with E-state index in [1.165, 1.54) is 18.2 Å². The first-order valence-electron chi connectivity index (χ1n) is 4.24. The molecule has 0 radical (unpaired) electrons. The number of esters is 1. The standard InChI is InChI=1S/C9H9ClN2O4.ClH/c1-16-9(13)8(11)6-4-5(10)2-3-7(6)12(14)15;/h2-4,8H,11H2,1H3;1H/t8-;/m1./s1. The summed E-state index contributed by atoms with van der Waals surface area (Å²) in [7, 11) is 1.15. The topological polar surface area (TPSA) is 95.5 Å². The molecule has 8 heteroatoms. The molecule has 1 atom stereocenters. The van der Waals surface area contributed by atoms with Gasteiger partial charge in [0.05, 0.1) is 17.6 Å². The molecule has 17 heavy (non-hydrogen) atoms. The van der Waals surface area contributed by atoms with Crippen molar-refractivity contribution in [3.8, 4) is 0 Å². The van der Waals surface area contributed by atoms with E-state index >= 15 is 0 Å². The van der Waals surface area contributed by atoms with Crippen molar-refractivity contribution in [2.75, 3.05) is 7.11 Å². The van der Waals surface area contributed by atoms with Crippen molar-refractivity contribution in [3.63, 3.8) is 0 Å². The van der Waals surface area contributed by atoms with E-state index < -0.39 is 16.9 Å². The van der Waals surface area contributed by atoms with Crippen molar-refractivity contribution >= 4 is 35.7 Å². The largest absolute Gasteiger partial charge is 0.468 e. The Morgan fingerprint density at radius 1 is 1.59 bits per heavy atom. The van der Waals surface area contributed by atoms with E-state index in [0.29, 0.717) is 0 Å². The molecule has 0 aliphatic carbocycles. The van der Waals surface area contributed by atoms with Crippen LogP contribution in [0.15, 0.2) is 18.2 Å². The molecule has 0 amide bonds. The Hall–Kier alpha value is -1.37. The molecule has 0 saturated heterocycles. The van der Waals surface area contributed by atoms with Crippen LogP contribution in [0.25, 0.3) is 0 Å². The minimum atomic E-state index is -1.22. The van der Waals surface area contributed by atoms with Gasteiger partial charge in [0.2, 0.25) is 0 Å². The number of benzene rings is 1. The van der Waals surface area contributed by atoms with Gasteiger partial charge in [-0.15, -0.1) is 12.4 Å². The molecule has 1 aromatic carbocycles. The van der Waals surface area contributed by atoms with E-state index in [4.69, 9.17) is 17.3 Å². The van der Waals surface area contributed by atoms with E-state index in [9.17, 15) is 14.9 Å². The first-order chi connectivity index (χ1) is 7.47. The van der Waals surface area contributed by atoms with Crippen LogP contribution in [-0.4, -0.2) is 18.0 Å². The number of nitrogens with two attached hydrogens (primary N) is 1. The van der Waals surface area contributed by atoms with Crippen molar-refractivity contribution in [3.05, 3.63) is 38.9 Å². The second-order valence-corrected chi connectivity index (χ2v) is 3.40. The Morgan fingerprint density at radius 2 is 2.18 bits per heavy atom. The number of hydrogen-bond donors (Lipinski definition) is 1. The zero-order chi connectivity index (χ0) is 12.3. The summed E-state index contributed by atoms with van der Waals surface area (Å²) in [4.78, 5) is 21.3. The highest BCUT2D eigenvalue weighted by Gasteiger charge is 2.25. The van der Waals surface area contributed by atoms with Crippen molar-refractivity contribution in [1.82, 2.24) is 0 Å². The predicted octanol–water partition coefficient (Wildman–Crippen LogP) is 1.84. The SMILES string of the molecule is COC(=O)[C@H](N)c1cc(Cl)ccc1[N+](=O)[O-].Cl. The Bertz CT molecular complexity index is 439. The van der Waals surface area contributed by atoms with E-state index in [2.05, 4.69) is 4.74 Å². The molecule has 1 aromatic rings. The van der Waals surface area contributed by atoms with Crippen LogP contribution in [0, 0.1) is 10.1 Å². The van der Waals surface area contributed by atoms with Gasteiger partial charge in [0.15, 0.2) is 0 Å². The van der Waals surface area contributed by atoms with Crippen LogP contribution >= 0.6 is 24.0 Å². The summed E-state index contributed by atoms with van der Waals surface area (Å²) in [6.07, 6.45) is 0. The van der Waals surface area contributed by atoms with Gasteiger partial charge in [0, 0.05) is 11.1 Å². The van der Waals surface area contributed by atoms with E-state index in [-0.39, 0.29) is 28.7 Å². The van der Waals surface area contributed by atoms with Gasteiger partial charge in [-0.25, -0.2) is 4.79 Å². The predicted molar refractivity (Wildman–Crippen MR) is 64.3 cm³/mol. The molecule has 0 saturated carbocycles. The van der Waals surface area contributed by atoms with Crippen LogP contribution in [0.3, 0.4) is 0 Å². The number of hydrogen-bond acceptors (Lipinski definition) is 5. The van der Waals surface area contributed by atoms with Gasteiger partial charge in [-0.1, -0.05) is 11.6 Å². The normalized spacial score (nSPS) is 11.2. The highest BCUT2D eigenvalue weighted by molar-refractivity contribution is 6.30. The number of ether oxygens (including phenoxy) is 1. The highest BCUT2D eigenvalue weighted by Crippen LogP contribution is 2.27. The molecule has 0 fully saturated rings. The summed E-state index contributed by atoms with van der Waals surface area (Å²) >= 11 is 5.68. The van der Waals surface area contributed by atoms with Crippen LogP contribution in [0.1, 0.15) is 11.6 Å². The number of nitro groups is 1. The molecular weight excluding hydrogens is 271 g/mol. The van der Waals surface area contributed by atoms with Gasteiger partial charge < -0.3 is 10.5 Å². The molecule has 0 bridgehead atoms. The molecule has 94 valence electrons. The third-order valence-corrected chi connectivity index (χ3v) is 2.21. The summed E-state index contributed by atoms with van der Waals surface area (Å²) in [6.45, 7) is 0. The molecule has 0 spiro atoms. The summed E-state index contributed by atoms with van der Waals surface area (Å²) in [5, 5.41) is 11.0. The maximum atomic E-state index is 11.2. The van der Waals surface area contributed by atoms with Crippen LogP contribution in [-0.2, 0) is 9.53 Å². The van der Waals surface area contributed by atoms with Gasteiger partial charge in [-0.05, 0) is 12.1 Å². The van der Waals surface area contributed by atoms with E-state index in [1.807, 2.05) is 0 Å². The molecule has 1 rings (SSSR count). The average Bonchev–Trinajstić information content (AvgIpc) is 2.26. The first kappa shape index (κ1) is 15.6. The van der Waals surface area contributed by atoms with E-state index in [1.54, 1.807) is 0 Å². The smallest absolute Gasteiger partial charge is 0.327 e. The molecule has 6 nitrogen and oxygen atoms in total. The lowest BCUT2D eigenvalue weighted by Gasteiger charge is -2.10. The summed E-state index contributed by atoms with van der Waals surface area (Å²) in [5.74, 6) is -0.759. The molecule has 0 heterocycles. The van der Waals surface area contributed by atoms with Gasteiger partial charge in [-0.2, -0.15) is 0 Å². The summed E-state index contributed by atoms with van der Waals surface area (Å²) < 4.78 is 4.41. The number of halogens is 2. The molecule has 0 aliphatic rings.